The lowest BCUT2D eigenvalue weighted by molar-refractivity contribution is -0.159. The van der Waals surface area contributed by atoms with Crippen LogP contribution in [0.15, 0.2) is 29.0 Å². The predicted molar refractivity (Wildman–Crippen MR) is 242 cm³/mol. The Kier molecular flexibility index (Phi) is 23.1. The molecule has 6 N–H and O–H groups in total. The number of esters is 4. The molecule has 0 saturated carbocycles. The number of ether oxygens (including phenoxy) is 4. The first-order chi connectivity index (χ1) is 31.9. The van der Waals surface area contributed by atoms with Gasteiger partial charge < -0.3 is 34.7 Å². The summed E-state index contributed by atoms with van der Waals surface area (Å²) < 4.78 is 117. The van der Waals surface area contributed by atoms with Crippen LogP contribution in [-0.4, -0.2) is 136 Å². The number of nitrogens with one attached hydrogen (secondary N) is 3. The number of nitrogens with two attached hydrogens (primary N) is 1. The molecule has 31 heteroatoms. The molecule has 4 rings (SSSR count). The predicted octanol–water partition coefficient (Wildman–Crippen LogP) is 0.364. The van der Waals surface area contributed by atoms with Gasteiger partial charge in [0, 0.05) is 56.3 Å². The fraction of sp³-hybridized carbons (Fsp3) is 0.579. The zero-order chi connectivity index (χ0) is 52.7. The van der Waals surface area contributed by atoms with Gasteiger partial charge in [-0.2, -0.15) is 0 Å². The number of rotatable bonds is 21. The summed E-state index contributed by atoms with van der Waals surface area (Å²) in [6, 6.07) is 2.15. The largest absolute Gasteiger partial charge is 0.481 e. The second kappa shape index (κ2) is 26.4. The molecule has 4 heterocycles. The van der Waals surface area contributed by atoms with Gasteiger partial charge in [-0.1, -0.05) is 13.8 Å². The third kappa shape index (κ3) is 18.8. The summed E-state index contributed by atoms with van der Waals surface area (Å²) in [5, 5.41) is 18.4. The molecule has 0 fully saturated rings. The number of hydrogen-bond donors (Lipinski definition) is 5. The van der Waals surface area contributed by atoms with Crippen LogP contribution in [0.25, 0.3) is 0 Å². The van der Waals surface area contributed by atoms with E-state index < -0.39 is 137 Å². The molecule has 0 aliphatic carbocycles. The molecule has 0 spiro atoms. The summed E-state index contributed by atoms with van der Waals surface area (Å²) in [6.07, 6.45) is -0.683. The summed E-state index contributed by atoms with van der Waals surface area (Å²) in [7, 11) is -15.4. The monoisotopic (exact) mass is 1090 g/mol. The summed E-state index contributed by atoms with van der Waals surface area (Å²) in [5.41, 5.74) is 0.873. The van der Waals surface area contributed by atoms with E-state index in [9.17, 15) is 72.0 Å². The fourth-order valence-corrected chi connectivity index (χ4v) is 15.4. The minimum atomic E-state index is -4.37. The number of carbonyl (C=O) groups excluding carboxylic acids is 7. The average Bonchev–Trinajstić information content (AvgIpc) is 3.93. The molecule has 4 atom stereocenters. The molecule has 0 radical (unpaired) electrons. The Labute approximate surface area is 406 Å². The van der Waals surface area contributed by atoms with Gasteiger partial charge in [-0.15, -0.1) is 22.7 Å². The highest BCUT2D eigenvalue weighted by Crippen LogP contribution is 2.44. The van der Waals surface area contributed by atoms with E-state index >= 15 is 0 Å². The number of sulfone groups is 2. The molecule has 2 aromatic rings. The van der Waals surface area contributed by atoms with Gasteiger partial charge in [0.15, 0.2) is 44.5 Å². The summed E-state index contributed by atoms with van der Waals surface area (Å²) in [6.45, 7) is 8.03. The Morgan fingerprint density at radius 2 is 1.04 bits per heavy atom. The number of ketones is 2. The second-order valence-corrected chi connectivity index (χ2v) is 25.9. The number of carboxylic acid groups (broad SMARTS) is 1. The Hall–Kier alpha value is -4.76. The van der Waals surface area contributed by atoms with E-state index in [1.54, 1.807) is 13.8 Å². The lowest BCUT2D eigenvalue weighted by Gasteiger charge is -2.27. The van der Waals surface area contributed by atoms with E-state index in [0.717, 1.165) is 25.2 Å². The highest BCUT2D eigenvalue weighted by Gasteiger charge is 2.41. The van der Waals surface area contributed by atoms with Crippen LogP contribution in [0, 0.1) is 0 Å². The van der Waals surface area contributed by atoms with E-state index in [1.165, 1.54) is 12.1 Å². The molecule has 0 bridgehead atoms. The van der Waals surface area contributed by atoms with Crippen LogP contribution in [0.4, 0.5) is 0 Å². The van der Waals surface area contributed by atoms with Crippen molar-refractivity contribution in [2.75, 3.05) is 39.5 Å². The van der Waals surface area contributed by atoms with Crippen LogP contribution >= 0.6 is 22.7 Å². The topological polar surface area (TPSA) is 392 Å². The first kappa shape index (κ1) is 60.4. The molecule has 0 aromatic carbocycles. The third-order valence-corrected chi connectivity index (χ3v) is 20.4. The number of aliphatic carboxylic acids is 1. The normalized spacial score (nSPS) is 18.7. The highest BCUT2D eigenvalue weighted by atomic mass is 32.3. The maximum atomic E-state index is 12.7. The lowest BCUT2D eigenvalue weighted by atomic mass is 10.1. The van der Waals surface area contributed by atoms with Gasteiger partial charge in [0.1, 0.15) is 30.1 Å². The van der Waals surface area contributed by atoms with E-state index in [4.69, 9.17) is 10.2 Å². The van der Waals surface area contributed by atoms with Crippen molar-refractivity contribution in [1.82, 2.24) is 15.4 Å². The van der Waals surface area contributed by atoms with Crippen LogP contribution in [-0.2, 0) is 97.0 Å². The molecule has 69 heavy (non-hydrogen) atoms. The molecule has 2 aliphatic heterocycles. The number of carboxylic acids is 1. The molecule has 0 saturated heterocycles. The zero-order valence-electron chi connectivity index (χ0n) is 38.1. The van der Waals surface area contributed by atoms with Crippen molar-refractivity contribution in [3.63, 3.8) is 0 Å². The van der Waals surface area contributed by atoms with Gasteiger partial charge in [0.2, 0.25) is 15.9 Å². The SMILES string of the molecule is CC(=O)OCC(=O)OCC(=O)CCC(=O)O.CCN[C@H]1C[C@H](C)S(=O)(=O)c2sc(S(=O)(=O)NC(=O)CCC(=O)COC(=O)COC(C)=O)cc21.CCN[C@H]1C[C@H](C)S(=O)(=O)c2sc(S(N)(=O)=O)cc21. The van der Waals surface area contributed by atoms with Gasteiger partial charge in [-0.3, -0.25) is 28.8 Å². The van der Waals surface area contributed by atoms with Crippen LogP contribution in [0.2, 0.25) is 0 Å². The summed E-state index contributed by atoms with van der Waals surface area (Å²) in [5.74, 6) is -6.35. The van der Waals surface area contributed by atoms with Crippen molar-refractivity contribution in [2.45, 2.75) is 119 Å². The Bertz CT molecular complexity index is 2660. The van der Waals surface area contributed by atoms with Crippen molar-refractivity contribution in [3.8, 4) is 0 Å². The molecule has 388 valence electrons. The smallest absolute Gasteiger partial charge is 0.344 e. The standard InChI is InChI=1S/C19H26N2O10S3.C10H16N2O4S3.C9H12O7/c1-4-20-15-7-11(2)33(26,27)19-14(15)8-18(32-19)34(28,29)21-16(24)6-5-13(23)9-31-17(25)10-30-12(3)22;1-3-12-8-4-6(2)18(13,14)10-7(8)5-9(17-10)19(11,15)16;1-6(10)15-5-9(14)16-4-7(11)2-3-8(12)13/h8,11,15,20H,4-7,9-10H2,1-3H3,(H,21,24);5-6,8,12H,3-4H2,1-2H3,(H2,11,15,16);2-5H2,1H3,(H,12,13)/t11-,15-;6-,8-;/m00./s1. The Morgan fingerprint density at radius 1 is 0.652 bits per heavy atom. The minimum absolute atomic E-state index is 0.0456. The van der Waals surface area contributed by atoms with Gasteiger partial charge in [0.25, 0.3) is 10.0 Å². The van der Waals surface area contributed by atoms with Crippen molar-refractivity contribution in [2.24, 2.45) is 5.14 Å². The number of hydrogen-bond acceptors (Lipinski definition) is 24. The van der Waals surface area contributed by atoms with Crippen LogP contribution in [0.5, 0.6) is 0 Å². The number of thiophene rings is 2. The fourth-order valence-electron chi connectivity index (χ4n) is 5.97. The third-order valence-electron chi connectivity index (χ3n) is 9.39. The highest BCUT2D eigenvalue weighted by molar-refractivity contribution is 7.96. The van der Waals surface area contributed by atoms with Crippen molar-refractivity contribution in [1.29, 1.82) is 0 Å². The quantitative estimate of drug-likeness (QED) is 0.0832. The maximum Gasteiger partial charge on any atom is 0.344 e. The maximum absolute atomic E-state index is 12.7. The van der Waals surface area contributed by atoms with E-state index in [0.29, 0.717) is 48.4 Å². The molecule has 2 aromatic heterocycles. The van der Waals surface area contributed by atoms with Crippen molar-refractivity contribution >= 4 is 110 Å². The molecular weight excluding hydrogens is 1040 g/mol. The van der Waals surface area contributed by atoms with Gasteiger partial charge in [0.05, 0.1) is 16.9 Å². The minimum Gasteiger partial charge on any atom is -0.481 e. The summed E-state index contributed by atoms with van der Waals surface area (Å²) in [4.78, 5) is 87.9. The number of primary sulfonamides is 1. The van der Waals surface area contributed by atoms with Crippen LogP contribution < -0.4 is 20.5 Å². The number of carbonyl (C=O) groups is 8. The molecule has 25 nitrogen and oxygen atoms in total. The Morgan fingerprint density at radius 3 is 1.42 bits per heavy atom. The first-order valence-electron chi connectivity index (χ1n) is 20.5. The summed E-state index contributed by atoms with van der Waals surface area (Å²) >= 11 is 1.32. The average molecular weight is 1100 g/mol. The van der Waals surface area contributed by atoms with Crippen LogP contribution in [0.1, 0.15) is 103 Å². The van der Waals surface area contributed by atoms with Gasteiger partial charge >= 0.3 is 29.8 Å². The van der Waals surface area contributed by atoms with Gasteiger partial charge in [-0.25, -0.2) is 53.1 Å². The molecular formula is C38H54N4O21S6. The Balaban J connectivity index is 0.000000393. The number of Topliss-reactive ketones (excluding diaryl/α,β-unsaturated/α-hetero) is 2. The number of amides is 1. The number of sulfonamides is 2. The first-order valence-corrected chi connectivity index (χ1v) is 28.3. The van der Waals surface area contributed by atoms with Gasteiger partial charge in [-0.05, 0) is 51.9 Å². The van der Waals surface area contributed by atoms with E-state index in [-0.39, 0.29) is 41.8 Å². The molecule has 0 unspecified atom stereocenters. The van der Waals surface area contributed by atoms with E-state index in [1.807, 2.05) is 18.6 Å². The van der Waals surface area contributed by atoms with Crippen LogP contribution in [0.3, 0.4) is 0 Å². The molecule has 2 aliphatic rings. The lowest BCUT2D eigenvalue weighted by Crippen LogP contribution is -2.33. The zero-order valence-corrected chi connectivity index (χ0v) is 43.0. The van der Waals surface area contributed by atoms with Crippen molar-refractivity contribution in [3.05, 3.63) is 23.3 Å². The van der Waals surface area contributed by atoms with Crippen molar-refractivity contribution < 1.29 is 96.1 Å². The second-order valence-electron chi connectivity index (χ2n) is 14.9. The van der Waals surface area contributed by atoms with E-state index in [2.05, 4.69) is 29.6 Å². The number of fused-ring (bicyclic) bond motifs is 2. The molecule has 1 amide bonds.